The van der Waals surface area contributed by atoms with Crippen LogP contribution in [0.5, 0.6) is 0 Å². The Labute approximate surface area is 109 Å². The molecule has 0 unspecified atom stereocenters. The standard InChI is InChI=1S/C13H12N4O2/c14-12-11(13(15)19)17-10(6-16-12)5-8-2-1-3-9(4-8)7-18/h1-4,6-7H,5H2,(H2,14,16)(H2,15,19). The van der Waals surface area contributed by atoms with Crippen LogP contribution >= 0.6 is 0 Å². The number of carbonyl (C=O) groups excluding carboxylic acids is 2. The Morgan fingerprint density at radius 3 is 2.84 bits per heavy atom. The van der Waals surface area contributed by atoms with Crippen molar-refractivity contribution in [1.29, 1.82) is 0 Å². The van der Waals surface area contributed by atoms with Crippen LogP contribution in [0.25, 0.3) is 0 Å². The summed E-state index contributed by atoms with van der Waals surface area (Å²) in [6, 6.07) is 7.09. The highest BCUT2D eigenvalue weighted by Crippen LogP contribution is 2.11. The van der Waals surface area contributed by atoms with Gasteiger partial charge < -0.3 is 11.5 Å². The Morgan fingerprint density at radius 2 is 2.16 bits per heavy atom. The lowest BCUT2D eigenvalue weighted by Gasteiger charge is -2.05. The second-order valence-corrected chi connectivity index (χ2v) is 4.00. The molecule has 0 spiro atoms. The summed E-state index contributed by atoms with van der Waals surface area (Å²) in [7, 11) is 0. The number of benzene rings is 1. The van der Waals surface area contributed by atoms with Gasteiger partial charge in [-0.25, -0.2) is 9.97 Å². The summed E-state index contributed by atoms with van der Waals surface area (Å²) in [6.45, 7) is 0. The van der Waals surface area contributed by atoms with Crippen LogP contribution in [0.4, 0.5) is 5.82 Å². The predicted octanol–water partition coefficient (Wildman–Crippen LogP) is 0.561. The third-order valence-electron chi connectivity index (χ3n) is 2.56. The first kappa shape index (κ1) is 12.7. The summed E-state index contributed by atoms with van der Waals surface area (Å²) in [4.78, 5) is 29.8. The molecule has 0 saturated heterocycles. The van der Waals surface area contributed by atoms with E-state index in [2.05, 4.69) is 9.97 Å². The zero-order valence-electron chi connectivity index (χ0n) is 10.0. The number of hydrogen-bond donors (Lipinski definition) is 2. The van der Waals surface area contributed by atoms with Gasteiger partial charge in [0.1, 0.15) is 6.29 Å². The van der Waals surface area contributed by atoms with Gasteiger partial charge in [0.15, 0.2) is 11.5 Å². The number of anilines is 1. The van der Waals surface area contributed by atoms with Gasteiger partial charge in [-0.3, -0.25) is 9.59 Å². The molecule has 0 saturated carbocycles. The lowest BCUT2D eigenvalue weighted by molar-refractivity contribution is 0.0995. The first-order valence-corrected chi connectivity index (χ1v) is 5.55. The van der Waals surface area contributed by atoms with Gasteiger partial charge in [0.2, 0.25) is 0 Å². The number of nitrogen functional groups attached to an aromatic ring is 1. The van der Waals surface area contributed by atoms with E-state index < -0.39 is 5.91 Å². The van der Waals surface area contributed by atoms with E-state index in [-0.39, 0.29) is 11.5 Å². The molecule has 0 radical (unpaired) electrons. The minimum Gasteiger partial charge on any atom is -0.382 e. The summed E-state index contributed by atoms with van der Waals surface area (Å²) >= 11 is 0. The molecule has 6 heteroatoms. The highest BCUT2D eigenvalue weighted by Gasteiger charge is 2.10. The van der Waals surface area contributed by atoms with Gasteiger partial charge in [-0.1, -0.05) is 18.2 Å². The van der Waals surface area contributed by atoms with E-state index in [1.807, 2.05) is 6.07 Å². The van der Waals surface area contributed by atoms with Crippen molar-refractivity contribution in [3.05, 3.63) is 53.0 Å². The summed E-state index contributed by atoms with van der Waals surface area (Å²) in [5.41, 5.74) is 12.7. The zero-order valence-corrected chi connectivity index (χ0v) is 10.0. The van der Waals surface area contributed by atoms with Crippen molar-refractivity contribution < 1.29 is 9.59 Å². The van der Waals surface area contributed by atoms with Crippen LogP contribution in [-0.2, 0) is 6.42 Å². The van der Waals surface area contributed by atoms with Crippen molar-refractivity contribution in [2.75, 3.05) is 5.73 Å². The lowest BCUT2D eigenvalue weighted by Crippen LogP contribution is -2.17. The first-order chi connectivity index (χ1) is 9.10. The van der Waals surface area contributed by atoms with E-state index in [9.17, 15) is 9.59 Å². The highest BCUT2D eigenvalue weighted by atomic mass is 16.1. The van der Waals surface area contributed by atoms with Crippen molar-refractivity contribution >= 4 is 18.0 Å². The van der Waals surface area contributed by atoms with E-state index in [1.54, 1.807) is 18.2 Å². The Kier molecular flexibility index (Phi) is 3.51. The summed E-state index contributed by atoms with van der Waals surface area (Å²) < 4.78 is 0. The molecule has 6 nitrogen and oxygen atoms in total. The van der Waals surface area contributed by atoms with E-state index in [0.717, 1.165) is 11.8 Å². The number of rotatable bonds is 4. The second kappa shape index (κ2) is 5.26. The monoisotopic (exact) mass is 256 g/mol. The molecule has 0 aliphatic rings. The molecule has 1 amide bonds. The van der Waals surface area contributed by atoms with Crippen LogP contribution in [0.1, 0.15) is 32.1 Å². The minimum atomic E-state index is -0.714. The molecule has 2 aromatic rings. The SMILES string of the molecule is NC(=O)c1nc(Cc2cccc(C=O)c2)cnc1N. The molecule has 1 aromatic heterocycles. The quantitative estimate of drug-likeness (QED) is 0.776. The lowest BCUT2D eigenvalue weighted by atomic mass is 10.1. The normalized spacial score (nSPS) is 10.1. The van der Waals surface area contributed by atoms with Crippen LogP contribution in [0.2, 0.25) is 0 Å². The van der Waals surface area contributed by atoms with Crippen molar-refractivity contribution in [2.45, 2.75) is 6.42 Å². The summed E-state index contributed by atoms with van der Waals surface area (Å²) in [5.74, 6) is -0.702. The van der Waals surface area contributed by atoms with Gasteiger partial charge >= 0.3 is 0 Å². The Hall–Kier alpha value is -2.76. The average Bonchev–Trinajstić information content (AvgIpc) is 2.41. The average molecular weight is 256 g/mol. The topological polar surface area (TPSA) is 112 Å². The maximum atomic E-state index is 11.1. The third kappa shape index (κ3) is 2.92. The van der Waals surface area contributed by atoms with Crippen LogP contribution < -0.4 is 11.5 Å². The molecule has 0 bridgehead atoms. The van der Waals surface area contributed by atoms with Crippen molar-refractivity contribution in [1.82, 2.24) is 9.97 Å². The Morgan fingerprint density at radius 1 is 1.37 bits per heavy atom. The van der Waals surface area contributed by atoms with Crippen molar-refractivity contribution in [3.8, 4) is 0 Å². The van der Waals surface area contributed by atoms with Crippen LogP contribution in [0.15, 0.2) is 30.5 Å². The molecule has 19 heavy (non-hydrogen) atoms. The number of carbonyl (C=O) groups is 2. The number of nitrogens with zero attached hydrogens (tertiary/aromatic N) is 2. The van der Waals surface area contributed by atoms with Gasteiger partial charge in [0.05, 0.1) is 11.9 Å². The first-order valence-electron chi connectivity index (χ1n) is 5.55. The molecule has 2 rings (SSSR count). The maximum Gasteiger partial charge on any atom is 0.271 e. The van der Waals surface area contributed by atoms with Crippen LogP contribution in [0, 0.1) is 0 Å². The summed E-state index contributed by atoms with van der Waals surface area (Å²) in [6.07, 6.45) is 2.69. The van der Waals surface area contributed by atoms with Gasteiger partial charge in [0.25, 0.3) is 5.91 Å². The van der Waals surface area contributed by atoms with Crippen molar-refractivity contribution in [3.63, 3.8) is 0 Å². The molecule has 1 aromatic carbocycles. The van der Waals surface area contributed by atoms with Gasteiger partial charge in [-0.2, -0.15) is 0 Å². The van der Waals surface area contributed by atoms with E-state index in [1.165, 1.54) is 6.20 Å². The van der Waals surface area contributed by atoms with E-state index in [4.69, 9.17) is 11.5 Å². The molecule has 1 heterocycles. The fourth-order valence-corrected chi connectivity index (χ4v) is 1.69. The number of primary amides is 1. The fourth-order valence-electron chi connectivity index (χ4n) is 1.69. The molecule has 0 aliphatic carbocycles. The number of nitrogens with two attached hydrogens (primary N) is 2. The summed E-state index contributed by atoms with van der Waals surface area (Å²) in [5, 5.41) is 0. The molecular formula is C13H12N4O2. The molecule has 0 fully saturated rings. The molecular weight excluding hydrogens is 244 g/mol. The second-order valence-electron chi connectivity index (χ2n) is 4.00. The molecule has 0 atom stereocenters. The van der Waals surface area contributed by atoms with Crippen LogP contribution in [-0.4, -0.2) is 22.2 Å². The van der Waals surface area contributed by atoms with Crippen molar-refractivity contribution in [2.24, 2.45) is 5.73 Å². The zero-order chi connectivity index (χ0) is 13.8. The Balaban J connectivity index is 2.30. The molecule has 0 aliphatic heterocycles. The van der Waals surface area contributed by atoms with Crippen LogP contribution in [0.3, 0.4) is 0 Å². The Bertz CT molecular complexity index is 640. The smallest absolute Gasteiger partial charge is 0.271 e. The van der Waals surface area contributed by atoms with Gasteiger partial charge in [0, 0.05) is 12.0 Å². The number of aromatic nitrogens is 2. The van der Waals surface area contributed by atoms with E-state index in [0.29, 0.717) is 17.7 Å². The minimum absolute atomic E-state index is 0.0119. The highest BCUT2D eigenvalue weighted by molar-refractivity contribution is 5.94. The number of amides is 1. The molecule has 96 valence electrons. The van der Waals surface area contributed by atoms with Gasteiger partial charge in [-0.05, 0) is 11.6 Å². The predicted molar refractivity (Wildman–Crippen MR) is 69.6 cm³/mol. The molecule has 4 N–H and O–H groups in total. The fraction of sp³-hybridized carbons (Fsp3) is 0.0769. The third-order valence-corrected chi connectivity index (χ3v) is 2.56. The largest absolute Gasteiger partial charge is 0.382 e. The van der Waals surface area contributed by atoms with E-state index >= 15 is 0 Å². The number of hydrogen-bond acceptors (Lipinski definition) is 5. The van der Waals surface area contributed by atoms with Gasteiger partial charge in [-0.15, -0.1) is 0 Å². The maximum absolute atomic E-state index is 11.1. The number of aldehydes is 1.